The zero-order valence-corrected chi connectivity index (χ0v) is 10.8. The second-order valence-corrected chi connectivity index (χ2v) is 4.46. The Labute approximate surface area is 118 Å². The Kier molecular flexibility index (Phi) is 4.04. The van der Waals surface area contributed by atoms with Crippen molar-refractivity contribution in [3.63, 3.8) is 0 Å². The molecule has 2 aromatic rings. The summed E-state index contributed by atoms with van der Waals surface area (Å²) in [5.41, 5.74) is -0.00857. The van der Waals surface area contributed by atoms with Crippen molar-refractivity contribution in [2.75, 3.05) is 5.32 Å². The molecule has 3 nitrogen and oxygen atoms in total. The predicted molar refractivity (Wildman–Crippen MR) is 69.7 cm³/mol. The molecule has 1 aromatic heterocycles. The molecule has 0 aliphatic heterocycles. The van der Waals surface area contributed by atoms with Gasteiger partial charge in [0, 0.05) is 5.69 Å². The molecule has 0 aliphatic carbocycles. The SMILES string of the molecule is Oc1ccc(CNc2ccc(Cl)c(C(F)(F)F)c2)nc1. The molecule has 0 radical (unpaired) electrons. The third-order valence-corrected chi connectivity index (χ3v) is 2.88. The van der Waals surface area contributed by atoms with Gasteiger partial charge in [-0.3, -0.25) is 4.98 Å². The molecule has 2 rings (SSSR count). The van der Waals surface area contributed by atoms with Gasteiger partial charge >= 0.3 is 6.18 Å². The quantitative estimate of drug-likeness (QED) is 0.898. The van der Waals surface area contributed by atoms with E-state index >= 15 is 0 Å². The molecule has 0 bridgehead atoms. The Morgan fingerprint density at radius 3 is 2.55 bits per heavy atom. The van der Waals surface area contributed by atoms with Crippen molar-refractivity contribution in [1.82, 2.24) is 4.98 Å². The van der Waals surface area contributed by atoms with Gasteiger partial charge in [-0.15, -0.1) is 0 Å². The average molecular weight is 303 g/mol. The summed E-state index contributed by atoms with van der Waals surface area (Å²) in [6, 6.07) is 6.62. The predicted octanol–water partition coefficient (Wildman–Crippen LogP) is 4.07. The van der Waals surface area contributed by atoms with Crippen LogP contribution in [0.15, 0.2) is 36.5 Å². The normalized spacial score (nSPS) is 11.4. The molecule has 1 aromatic carbocycles. The fraction of sp³-hybridized carbons (Fsp3) is 0.154. The molecule has 106 valence electrons. The van der Waals surface area contributed by atoms with Gasteiger partial charge in [0.05, 0.1) is 29.0 Å². The van der Waals surface area contributed by atoms with Gasteiger partial charge in [0.15, 0.2) is 0 Å². The summed E-state index contributed by atoms with van der Waals surface area (Å²) in [7, 11) is 0. The number of aromatic hydroxyl groups is 1. The molecule has 0 saturated heterocycles. The Balaban J connectivity index is 2.12. The maximum Gasteiger partial charge on any atom is 0.417 e. The van der Waals surface area contributed by atoms with Crippen molar-refractivity contribution in [1.29, 1.82) is 0 Å². The highest BCUT2D eigenvalue weighted by Gasteiger charge is 2.33. The molecule has 0 fully saturated rings. The molecule has 0 saturated carbocycles. The molecular formula is C13H10ClF3N2O. The Morgan fingerprint density at radius 1 is 1.20 bits per heavy atom. The zero-order valence-electron chi connectivity index (χ0n) is 10.1. The molecule has 1 heterocycles. The van der Waals surface area contributed by atoms with Crippen LogP contribution in [0.25, 0.3) is 0 Å². The van der Waals surface area contributed by atoms with Crippen LogP contribution in [0.4, 0.5) is 18.9 Å². The van der Waals surface area contributed by atoms with Gasteiger partial charge in [0.25, 0.3) is 0 Å². The van der Waals surface area contributed by atoms with E-state index in [0.29, 0.717) is 5.69 Å². The summed E-state index contributed by atoms with van der Waals surface area (Å²) < 4.78 is 38.1. The Bertz CT molecular complexity index is 600. The minimum absolute atomic E-state index is 0.0274. The molecule has 0 atom stereocenters. The summed E-state index contributed by atoms with van der Waals surface area (Å²) in [6.07, 6.45) is -3.23. The molecular weight excluding hydrogens is 293 g/mol. The van der Waals surface area contributed by atoms with E-state index in [1.165, 1.54) is 24.4 Å². The van der Waals surface area contributed by atoms with Gasteiger partial charge in [0.2, 0.25) is 0 Å². The molecule has 0 amide bonds. The third kappa shape index (κ3) is 3.54. The fourth-order valence-electron chi connectivity index (χ4n) is 1.57. The van der Waals surface area contributed by atoms with E-state index in [9.17, 15) is 13.2 Å². The molecule has 0 spiro atoms. The smallest absolute Gasteiger partial charge is 0.417 e. The summed E-state index contributed by atoms with van der Waals surface area (Å²) in [4.78, 5) is 3.92. The van der Waals surface area contributed by atoms with Crippen LogP contribution in [0.5, 0.6) is 5.75 Å². The second-order valence-electron chi connectivity index (χ2n) is 4.05. The van der Waals surface area contributed by atoms with Crippen LogP contribution in [-0.2, 0) is 12.7 Å². The molecule has 7 heteroatoms. The fourth-order valence-corrected chi connectivity index (χ4v) is 1.79. The number of halogens is 4. The summed E-state index contributed by atoms with van der Waals surface area (Å²) in [6.45, 7) is 0.235. The first-order chi connectivity index (χ1) is 9.36. The highest BCUT2D eigenvalue weighted by atomic mass is 35.5. The monoisotopic (exact) mass is 302 g/mol. The number of alkyl halides is 3. The van der Waals surface area contributed by atoms with Crippen LogP contribution in [0.3, 0.4) is 0 Å². The van der Waals surface area contributed by atoms with Crippen LogP contribution in [0, 0.1) is 0 Å². The number of anilines is 1. The lowest BCUT2D eigenvalue weighted by atomic mass is 10.2. The summed E-state index contributed by atoms with van der Waals surface area (Å²) in [5, 5.41) is 11.6. The summed E-state index contributed by atoms with van der Waals surface area (Å²) >= 11 is 5.53. The number of pyridine rings is 1. The van der Waals surface area contributed by atoms with Crippen molar-refractivity contribution >= 4 is 17.3 Å². The van der Waals surface area contributed by atoms with E-state index in [1.54, 1.807) is 6.07 Å². The minimum atomic E-state index is -4.49. The number of hydrogen-bond acceptors (Lipinski definition) is 3. The van der Waals surface area contributed by atoms with E-state index in [-0.39, 0.29) is 23.0 Å². The van der Waals surface area contributed by atoms with E-state index in [1.807, 2.05) is 0 Å². The van der Waals surface area contributed by atoms with E-state index < -0.39 is 11.7 Å². The van der Waals surface area contributed by atoms with Gasteiger partial charge in [-0.2, -0.15) is 13.2 Å². The van der Waals surface area contributed by atoms with Crippen molar-refractivity contribution in [3.05, 3.63) is 52.8 Å². The van der Waals surface area contributed by atoms with Crippen LogP contribution >= 0.6 is 11.6 Å². The van der Waals surface area contributed by atoms with Crippen molar-refractivity contribution in [3.8, 4) is 5.75 Å². The number of aromatic nitrogens is 1. The largest absolute Gasteiger partial charge is 0.506 e. The number of benzene rings is 1. The van der Waals surface area contributed by atoms with Crippen LogP contribution < -0.4 is 5.32 Å². The maximum atomic E-state index is 12.7. The van der Waals surface area contributed by atoms with Crippen LogP contribution in [0.1, 0.15) is 11.3 Å². The number of rotatable bonds is 3. The number of hydrogen-bond donors (Lipinski definition) is 2. The average Bonchev–Trinajstić information content (AvgIpc) is 2.38. The minimum Gasteiger partial charge on any atom is -0.506 e. The van der Waals surface area contributed by atoms with E-state index in [0.717, 1.165) is 6.07 Å². The molecule has 20 heavy (non-hydrogen) atoms. The van der Waals surface area contributed by atoms with Crippen molar-refractivity contribution in [2.45, 2.75) is 12.7 Å². The highest BCUT2D eigenvalue weighted by molar-refractivity contribution is 6.31. The third-order valence-electron chi connectivity index (χ3n) is 2.55. The first kappa shape index (κ1) is 14.5. The number of nitrogens with one attached hydrogen (secondary N) is 1. The zero-order chi connectivity index (χ0) is 14.8. The standard InChI is InChI=1S/C13H10ClF3N2O/c14-12-4-2-8(5-11(12)13(15,16)17)18-6-9-1-3-10(20)7-19-9/h1-5,7,18,20H,6H2. The highest BCUT2D eigenvalue weighted by Crippen LogP contribution is 2.36. The summed E-state index contributed by atoms with van der Waals surface area (Å²) in [5.74, 6) is 0.0274. The van der Waals surface area contributed by atoms with Crippen molar-refractivity contribution in [2.24, 2.45) is 0 Å². The van der Waals surface area contributed by atoms with Gasteiger partial charge < -0.3 is 10.4 Å². The Hall–Kier alpha value is -1.95. The van der Waals surface area contributed by atoms with Crippen LogP contribution in [0.2, 0.25) is 5.02 Å². The van der Waals surface area contributed by atoms with Gasteiger partial charge in [-0.1, -0.05) is 11.6 Å². The lowest BCUT2D eigenvalue weighted by molar-refractivity contribution is -0.137. The Morgan fingerprint density at radius 2 is 1.95 bits per heavy atom. The molecule has 0 unspecified atom stereocenters. The lowest BCUT2D eigenvalue weighted by Gasteiger charge is -2.12. The molecule has 0 aliphatic rings. The first-order valence-electron chi connectivity index (χ1n) is 5.61. The van der Waals surface area contributed by atoms with Gasteiger partial charge in [-0.25, -0.2) is 0 Å². The van der Waals surface area contributed by atoms with Crippen molar-refractivity contribution < 1.29 is 18.3 Å². The topological polar surface area (TPSA) is 45.1 Å². The lowest BCUT2D eigenvalue weighted by Crippen LogP contribution is -2.08. The number of nitrogens with zero attached hydrogens (tertiary/aromatic N) is 1. The maximum absolute atomic E-state index is 12.7. The van der Waals surface area contributed by atoms with E-state index in [4.69, 9.17) is 16.7 Å². The van der Waals surface area contributed by atoms with Crippen LogP contribution in [-0.4, -0.2) is 10.1 Å². The second kappa shape index (κ2) is 5.58. The molecule has 2 N–H and O–H groups in total. The van der Waals surface area contributed by atoms with E-state index in [2.05, 4.69) is 10.3 Å². The first-order valence-corrected chi connectivity index (χ1v) is 5.98. The van der Waals surface area contributed by atoms with Gasteiger partial charge in [-0.05, 0) is 30.3 Å². The van der Waals surface area contributed by atoms with Gasteiger partial charge in [0.1, 0.15) is 5.75 Å².